The molecule has 0 aliphatic rings. The van der Waals surface area contributed by atoms with Gasteiger partial charge in [-0.05, 0) is 36.6 Å². The van der Waals surface area contributed by atoms with Crippen molar-refractivity contribution in [2.24, 2.45) is 5.92 Å². The van der Waals surface area contributed by atoms with E-state index >= 15 is 0 Å². The molecular weight excluding hydrogens is 392 g/mol. The Balaban J connectivity index is 2.15. The second kappa shape index (κ2) is 17.4. The highest BCUT2D eigenvalue weighted by atomic mass is 16.6. The molecule has 5 heteroatoms. The van der Waals surface area contributed by atoms with Gasteiger partial charge in [0.25, 0.3) is 0 Å². The molecule has 0 fully saturated rings. The van der Waals surface area contributed by atoms with Crippen LogP contribution in [0.25, 0.3) is 6.08 Å². The summed E-state index contributed by atoms with van der Waals surface area (Å²) >= 11 is 0. The summed E-state index contributed by atoms with van der Waals surface area (Å²) in [5.41, 5.74) is 0.888. The molecular formula is C26H40O5. The Morgan fingerprint density at radius 2 is 1.45 bits per heavy atom. The van der Waals surface area contributed by atoms with E-state index in [1.54, 1.807) is 6.08 Å². The average Bonchev–Trinajstić information content (AvgIpc) is 2.79. The molecule has 1 unspecified atom stereocenters. The Labute approximate surface area is 188 Å². The molecule has 0 bridgehead atoms. The third-order valence-corrected chi connectivity index (χ3v) is 5.15. The van der Waals surface area contributed by atoms with Gasteiger partial charge < -0.3 is 14.2 Å². The number of rotatable bonds is 17. The Morgan fingerprint density at radius 3 is 2.10 bits per heavy atom. The van der Waals surface area contributed by atoms with Crippen LogP contribution in [0.15, 0.2) is 30.3 Å². The number of carbonyl (C=O) groups excluding carboxylic acids is 2. The molecule has 31 heavy (non-hydrogen) atoms. The fourth-order valence-corrected chi connectivity index (χ4v) is 2.91. The van der Waals surface area contributed by atoms with Crippen molar-refractivity contribution in [1.29, 1.82) is 0 Å². The molecule has 0 saturated heterocycles. The molecule has 174 valence electrons. The second-order valence-electron chi connectivity index (χ2n) is 7.87. The van der Waals surface area contributed by atoms with Gasteiger partial charge in [-0.2, -0.15) is 0 Å². The van der Waals surface area contributed by atoms with Gasteiger partial charge in [-0.3, -0.25) is 4.79 Å². The van der Waals surface area contributed by atoms with Crippen LogP contribution in [0, 0.1) is 5.92 Å². The molecule has 0 aliphatic carbocycles. The first-order valence-corrected chi connectivity index (χ1v) is 11.8. The maximum Gasteiger partial charge on any atom is 0.330 e. The molecule has 0 spiro atoms. The summed E-state index contributed by atoms with van der Waals surface area (Å²) in [4.78, 5) is 23.3. The normalized spacial score (nSPS) is 12.0. The van der Waals surface area contributed by atoms with Crippen molar-refractivity contribution >= 4 is 18.0 Å². The number of hydrogen-bond donors (Lipinski definition) is 0. The highest BCUT2D eigenvalue weighted by Crippen LogP contribution is 2.14. The van der Waals surface area contributed by atoms with Gasteiger partial charge in [0.2, 0.25) is 0 Å². The van der Waals surface area contributed by atoms with Gasteiger partial charge in [0.15, 0.2) is 0 Å². The Bertz CT molecular complexity index is 636. The quantitative estimate of drug-likeness (QED) is 0.163. The van der Waals surface area contributed by atoms with Crippen molar-refractivity contribution in [3.63, 3.8) is 0 Å². The van der Waals surface area contributed by atoms with E-state index in [2.05, 4.69) is 6.92 Å². The van der Waals surface area contributed by atoms with Crippen molar-refractivity contribution < 1.29 is 23.8 Å². The van der Waals surface area contributed by atoms with E-state index in [1.807, 2.05) is 38.1 Å². The van der Waals surface area contributed by atoms with E-state index in [4.69, 9.17) is 14.2 Å². The summed E-state index contributed by atoms with van der Waals surface area (Å²) in [6.45, 7) is 6.84. The zero-order chi connectivity index (χ0) is 22.7. The molecule has 0 amide bonds. The zero-order valence-corrected chi connectivity index (χ0v) is 19.6. The molecule has 0 aliphatic heterocycles. The SMILES string of the molecule is CCCCCCCCCCOc1ccc(/C=C/C(=O)OCCOC(=O)C(C)CC)cc1. The van der Waals surface area contributed by atoms with Gasteiger partial charge >= 0.3 is 11.9 Å². The molecule has 1 aromatic carbocycles. The van der Waals surface area contributed by atoms with Crippen molar-refractivity contribution in [1.82, 2.24) is 0 Å². The van der Waals surface area contributed by atoms with Crippen LogP contribution in [0.5, 0.6) is 5.75 Å². The maximum atomic E-state index is 11.7. The number of esters is 2. The molecule has 0 radical (unpaired) electrons. The van der Waals surface area contributed by atoms with Gasteiger partial charge in [0, 0.05) is 6.08 Å². The Kier molecular flexibility index (Phi) is 15.0. The maximum absolute atomic E-state index is 11.7. The van der Waals surface area contributed by atoms with Crippen molar-refractivity contribution in [3.05, 3.63) is 35.9 Å². The molecule has 0 saturated carbocycles. The standard InChI is InChI=1S/C26H40O5/c1-4-6-7-8-9-10-11-12-19-29-24-16-13-23(14-17-24)15-18-25(27)30-20-21-31-26(28)22(3)5-2/h13-18,22H,4-12,19-21H2,1-3H3/b18-15+. The predicted molar refractivity (Wildman–Crippen MR) is 125 cm³/mol. The third-order valence-electron chi connectivity index (χ3n) is 5.15. The summed E-state index contributed by atoms with van der Waals surface area (Å²) < 4.78 is 15.9. The summed E-state index contributed by atoms with van der Waals surface area (Å²) in [7, 11) is 0. The van der Waals surface area contributed by atoms with Crippen molar-refractivity contribution in [3.8, 4) is 5.75 Å². The topological polar surface area (TPSA) is 61.8 Å². The van der Waals surface area contributed by atoms with Crippen LogP contribution < -0.4 is 4.74 Å². The fourth-order valence-electron chi connectivity index (χ4n) is 2.91. The lowest BCUT2D eigenvalue weighted by atomic mass is 10.1. The molecule has 1 aromatic rings. The van der Waals surface area contributed by atoms with Crippen LogP contribution in [0.3, 0.4) is 0 Å². The van der Waals surface area contributed by atoms with Crippen molar-refractivity contribution in [2.75, 3.05) is 19.8 Å². The van der Waals surface area contributed by atoms with Crippen LogP contribution in [0.4, 0.5) is 0 Å². The first kappa shape index (κ1) is 26.7. The number of benzene rings is 1. The summed E-state index contributed by atoms with van der Waals surface area (Å²) in [6.07, 6.45) is 14.0. The summed E-state index contributed by atoms with van der Waals surface area (Å²) in [5, 5.41) is 0. The van der Waals surface area contributed by atoms with E-state index in [0.29, 0.717) is 0 Å². The predicted octanol–water partition coefficient (Wildman–Crippen LogP) is 6.35. The summed E-state index contributed by atoms with van der Waals surface area (Å²) in [5.74, 6) is -0.0258. The van der Waals surface area contributed by atoms with Gasteiger partial charge in [0.1, 0.15) is 19.0 Å². The molecule has 0 N–H and O–H groups in total. The lowest BCUT2D eigenvalue weighted by Gasteiger charge is -2.08. The zero-order valence-electron chi connectivity index (χ0n) is 19.6. The second-order valence-corrected chi connectivity index (χ2v) is 7.87. The molecule has 5 nitrogen and oxygen atoms in total. The van der Waals surface area contributed by atoms with Crippen LogP contribution in [-0.4, -0.2) is 31.8 Å². The van der Waals surface area contributed by atoms with Gasteiger partial charge in [-0.15, -0.1) is 0 Å². The smallest absolute Gasteiger partial charge is 0.330 e. The molecule has 0 aromatic heterocycles. The van der Waals surface area contributed by atoms with Gasteiger partial charge in [-0.1, -0.05) is 77.8 Å². The fraction of sp³-hybridized carbons (Fsp3) is 0.615. The van der Waals surface area contributed by atoms with Crippen LogP contribution in [-0.2, 0) is 19.1 Å². The molecule has 0 heterocycles. The minimum absolute atomic E-state index is 0.0524. The minimum atomic E-state index is -0.463. The van der Waals surface area contributed by atoms with E-state index in [1.165, 1.54) is 51.0 Å². The van der Waals surface area contributed by atoms with Crippen LogP contribution in [0.2, 0.25) is 0 Å². The number of ether oxygens (including phenoxy) is 3. The first-order valence-electron chi connectivity index (χ1n) is 11.8. The van der Waals surface area contributed by atoms with Crippen LogP contribution in [0.1, 0.15) is 84.1 Å². The highest BCUT2D eigenvalue weighted by Gasteiger charge is 2.11. The van der Waals surface area contributed by atoms with Crippen LogP contribution >= 0.6 is 0 Å². The van der Waals surface area contributed by atoms with E-state index < -0.39 is 5.97 Å². The van der Waals surface area contributed by atoms with Gasteiger partial charge in [-0.25, -0.2) is 4.79 Å². The summed E-state index contributed by atoms with van der Waals surface area (Å²) in [6, 6.07) is 7.62. The highest BCUT2D eigenvalue weighted by molar-refractivity contribution is 5.87. The van der Waals surface area contributed by atoms with E-state index in [9.17, 15) is 9.59 Å². The van der Waals surface area contributed by atoms with Gasteiger partial charge in [0.05, 0.1) is 12.5 Å². The Morgan fingerprint density at radius 1 is 0.839 bits per heavy atom. The van der Waals surface area contributed by atoms with E-state index in [0.717, 1.165) is 30.8 Å². The van der Waals surface area contributed by atoms with Crippen molar-refractivity contribution in [2.45, 2.75) is 78.6 Å². The minimum Gasteiger partial charge on any atom is -0.494 e. The lowest BCUT2D eigenvalue weighted by Crippen LogP contribution is -2.17. The Hall–Kier alpha value is -2.30. The number of unbranched alkanes of at least 4 members (excludes halogenated alkanes) is 7. The molecule has 1 atom stereocenters. The monoisotopic (exact) mass is 432 g/mol. The third kappa shape index (κ3) is 13.6. The number of carbonyl (C=O) groups is 2. The average molecular weight is 433 g/mol. The first-order chi connectivity index (χ1) is 15.1. The number of hydrogen-bond acceptors (Lipinski definition) is 5. The largest absolute Gasteiger partial charge is 0.494 e. The molecule has 1 rings (SSSR count). The lowest BCUT2D eigenvalue weighted by molar-refractivity contribution is -0.152. The van der Waals surface area contributed by atoms with E-state index in [-0.39, 0.29) is 25.1 Å².